The first-order valence-corrected chi connectivity index (χ1v) is 6.42. The standard InChI is InChI=1S/C14H26N2O2/c1-7-12(17)16-13(2,3)10-15(8-9-18-6)11-14(16,4)5/h7H,1,8-11H2,2-6H3. The Bertz CT molecular complexity index is 306. The summed E-state index contributed by atoms with van der Waals surface area (Å²) < 4.78 is 5.14. The van der Waals surface area contributed by atoms with Gasteiger partial charge in [0.05, 0.1) is 17.7 Å². The number of amides is 1. The summed E-state index contributed by atoms with van der Waals surface area (Å²) in [6.45, 7) is 15.4. The van der Waals surface area contributed by atoms with E-state index in [0.717, 1.165) is 26.2 Å². The number of piperazine rings is 1. The molecule has 1 amide bonds. The number of rotatable bonds is 4. The maximum Gasteiger partial charge on any atom is 0.246 e. The summed E-state index contributed by atoms with van der Waals surface area (Å²) >= 11 is 0. The fraction of sp³-hybridized carbons (Fsp3) is 0.786. The van der Waals surface area contributed by atoms with Gasteiger partial charge in [0.2, 0.25) is 5.91 Å². The fourth-order valence-electron chi connectivity index (χ4n) is 3.18. The van der Waals surface area contributed by atoms with Gasteiger partial charge in [-0.05, 0) is 33.8 Å². The first kappa shape index (κ1) is 15.2. The Morgan fingerprint density at radius 3 is 2.17 bits per heavy atom. The van der Waals surface area contributed by atoms with E-state index in [4.69, 9.17) is 4.74 Å². The molecule has 0 aromatic rings. The van der Waals surface area contributed by atoms with Gasteiger partial charge in [-0.1, -0.05) is 6.58 Å². The van der Waals surface area contributed by atoms with E-state index in [9.17, 15) is 4.79 Å². The first-order chi connectivity index (χ1) is 8.24. The molecule has 0 unspecified atom stereocenters. The highest BCUT2D eigenvalue weighted by molar-refractivity contribution is 5.88. The summed E-state index contributed by atoms with van der Waals surface area (Å²) in [4.78, 5) is 16.4. The van der Waals surface area contributed by atoms with Crippen LogP contribution < -0.4 is 0 Å². The maximum atomic E-state index is 12.1. The smallest absolute Gasteiger partial charge is 0.246 e. The van der Waals surface area contributed by atoms with Gasteiger partial charge in [-0.3, -0.25) is 9.69 Å². The molecule has 1 rings (SSSR count). The van der Waals surface area contributed by atoms with Crippen LogP contribution in [0.4, 0.5) is 0 Å². The lowest BCUT2D eigenvalue weighted by Crippen LogP contribution is -2.70. The lowest BCUT2D eigenvalue weighted by Gasteiger charge is -2.56. The summed E-state index contributed by atoms with van der Waals surface area (Å²) in [7, 11) is 1.72. The molecule has 1 saturated heterocycles. The topological polar surface area (TPSA) is 32.8 Å². The minimum absolute atomic E-state index is 0.0105. The summed E-state index contributed by atoms with van der Waals surface area (Å²) in [5, 5.41) is 0. The van der Waals surface area contributed by atoms with Gasteiger partial charge in [0.1, 0.15) is 0 Å². The van der Waals surface area contributed by atoms with Crippen LogP contribution in [0.15, 0.2) is 12.7 Å². The van der Waals surface area contributed by atoms with Crippen molar-refractivity contribution in [3.8, 4) is 0 Å². The molecule has 0 N–H and O–H groups in total. The van der Waals surface area contributed by atoms with Crippen LogP contribution in [-0.4, -0.2) is 60.1 Å². The lowest BCUT2D eigenvalue weighted by atomic mass is 9.87. The number of hydrogen-bond donors (Lipinski definition) is 0. The van der Waals surface area contributed by atoms with E-state index >= 15 is 0 Å². The second-order valence-corrected chi connectivity index (χ2v) is 6.21. The fourth-order valence-corrected chi connectivity index (χ4v) is 3.18. The molecule has 1 aliphatic heterocycles. The van der Waals surface area contributed by atoms with Gasteiger partial charge in [0, 0.05) is 26.7 Å². The number of carbonyl (C=O) groups is 1. The van der Waals surface area contributed by atoms with Gasteiger partial charge >= 0.3 is 0 Å². The van der Waals surface area contributed by atoms with Crippen molar-refractivity contribution in [2.45, 2.75) is 38.8 Å². The quantitative estimate of drug-likeness (QED) is 0.713. The number of nitrogens with zero attached hydrogens (tertiary/aromatic N) is 2. The Morgan fingerprint density at radius 2 is 1.78 bits per heavy atom. The molecule has 0 atom stereocenters. The number of carbonyl (C=O) groups excluding carboxylic acids is 1. The molecular weight excluding hydrogens is 228 g/mol. The van der Waals surface area contributed by atoms with Crippen molar-refractivity contribution in [3.05, 3.63) is 12.7 Å². The second kappa shape index (κ2) is 5.41. The van der Waals surface area contributed by atoms with Crippen LogP contribution in [0.25, 0.3) is 0 Å². The monoisotopic (exact) mass is 254 g/mol. The minimum Gasteiger partial charge on any atom is -0.383 e. The predicted molar refractivity (Wildman–Crippen MR) is 73.5 cm³/mol. The van der Waals surface area contributed by atoms with E-state index in [1.165, 1.54) is 6.08 Å². The molecule has 0 aliphatic carbocycles. The zero-order valence-electron chi connectivity index (χ0n) is 12.3. The molecule has 0 radical (unpaired) electrons. The summed E-state index contributed by atoms with van der Waals surface area (Å²) in [6.07, 6.45) is 1.41. The van der Waals surface area contributed by atoms with Crippen LogP contribution in [0, 0.1) is 0 Å². The summed E-state index contributed by atoms with van der Waals surface area (Å²) in [5.74, 6) is 0.0105. The van der Waals surface area contributed by atoms with Crippen LogP contribution in [-0.2, 0) is 9.53 Å². The number of hydrogen-bond acceptors (Lipinski definition) is 3. The van der Waals surface area contributed by atoms with Crippen molar-refractivity contribution in [2.24, 2.45) is 0 Å². The number of ether oxygens (including phenoxy) is 1. The van der Waals surface area contributed by atoms with Crippen LogP contribution in [0.5, 0.6) is 0 Å². The average molecular weight is 254 g/mol. The SMILES string of the molecule is C=CC(=O)N1C(C)(C)CN(CCOC)CC1(C)C. The van der Waals surface area contributed by atoms with Gasteiger partial charge in [0.25, 0.3) is 0 Å². The Labute approximate surface area is 111 Å². The van der Waals surface area contributed by atoms with Crippen molar-refractivity contribution in [3.63, 3.8) is 0 Å². The molecular formula is C14H26N2O2. The molecule has 0 aromatic carbocycles. The van der Waals surface area contributed by atoms with Crippen molar-refractivity contribution >= 4 is 5.91 Å². The van der Waals surface area contributed by atoms with Crippen molar-refractivity contribution in [1.29, 1.82) is 0 Å². The largest absolute Gasteiger partial charge is 0.383 e. The number of methoxy groups -OCH3 is 1. The van der Waals surface area contributed by atoms with E-state index in [1.54, 1.807) is 7.11 Å². The van der Waals surface area contributed by atoms with Crippen molar-refractivity contribution in [2.75, 3.05) is 33.4 Å². The van der Waals surface area contributed by atoms with Crippen LogP contribution in [0.1, 0.15) is 27.7 Å². The third kappa shape index (κ3) is 3.12. The normalized spacial score (nSPS) is 22.8. The third-order valence-electron chi connectivity index (χ3n) is 3.44. The highest BCUT2D eigenvalue weighted by atomic mass is 16.5. The molecule has 0 aromatic heterocycles. The molecule has 0 saturated carbocycles. The van der Waals surface area contributed by atoms with Gasteiger partial charge in [-0.15, -0.1) is 0 Å². The minimum atomic E-state index is -0.194. The van der Waals surface area contributed by atoms with E-state index < -0.39 is 0 Å². The molecule has 4 nitrogen and oxygen atoms in total. The van der Waals surface area contributed by atoms with Crippen LogP contribution in [0.3, 0.4) is 0 Å². The molecule has 18 heavy (non-hydrogen) atoms. The Hall–Kier alpha value is -0.870. The van der Waals surface area contributed by atoms with E-state index in [-0.39, 0.29) is 17.0 Å². The first-order valence-electron chi connectivity index (χ1n) is 6.42. The van der Waals surface area contributed by atoms with E-state index in [1.807, 2.05) is 4.90 Å². The molecule has 4 heteroatoms. The van der Waals surface area contributed by atoms with Gasteiger partial charge in [0.15, 0.2) is 0 Å². The lowest BCUT2D eigenvalue weighted by molar-refractivity contribution is -0.148. The maximum absolute atomic E-state index is 12.1. The second-order valence-electron chi connectivity index (χ2n) is 6.21. The van der Waals surface area contributed by atoms with Crippen LogP contribution >= 0.6 is 0 Å². The highest BCUT2D eigenvalue weighted by Gasteiger charge is 2.46. The van der Waals surface area contributed by atoms with Gasteiger partial charge in [-0.25, -0.2) is 0 Å². The zero-order valence-corrected chi connectivity index (χ0v) is 12.3. The molecule has 1 fully saturated rings. The summed E-state index contributed by atoms with van der Waals surface area (Å²) in [6, 6.07) is 0. The average Bonchev–Trinajstić information content (AvgIpc) is 2.22. The zero-order chi connectivity index (χ0) is 14.0. The molecule has 1 heterocycles. The Balaban J connectivity index is 2.91. The molecule has 0 bridgehead atoms. The van der Waals surface area contributed by atoms with Crippen molar-refractivity contribution < 1.29 is 9.53 Å². The van der Waals surface area contributed by atoms with Gasteiger partial charge < -0.3 is 9.64 Å². The van der Waals surface area contributed by atoms with Gasteiger partial charge in [-0.2, -0.15) is 0 Å². The predicted octanol–water partition coefficient (Wildman–Crippen LogP) is 1.52. The van der Waals surface area contributed by atoms with E-state index in [0.29, 0.717) is 0 Å². The highest BCUT2D eigenvalue weighted by Crippen LogP contribution is 2.32. The van der Waals surface area contributed by atoms with E-state index in [2.05, 4.69) is 39.2 Å². The molecule has 1 aliphatic rings. The molecule has 0 spiro atoms. The Morgan fingerprint density at radius 1 is 1.28 bits per heavy atom. The van der Waals surface area contributed by atoms with Crippen LogP contribution in [0.2, 0.25) is 0 Å². The Kier molecular flexibility index (Phi) is 4.56. The summed E-state index contributed by atoms with van der Waals surface area (Å²) in [5.41, 5.74) is -0.387. The van der Waals surface area contributed by atoms with Crippen molar-refractivity contribution in [1.82, 2.24) is 9.80 Å². The molecule has 104 valence electrons. The third-order valence-corrected chi connectivity index (χ3v) is 3.44.